The lowest BCUT2D eigenvalue weighted by atomic mass is 9.95. The van der Waals surface area contributed by atoms with E-state index >= 15 is 0 Å². The van der Waals surface area contributed by atoms with Crippen molar-refractivity contribution in [2.24, 2.45) is 11.0 Å². The number of benzene rings is 3. The Kier molecular flexibility index (Phi) is 8.02. The van der Waals surface area contributed by atoms with Gasteiger partial charge in [-0.25, -0.2) is 5.43 Å². The highest BCUT2D eigenvalue weighted by molar-refractivity contribution is 6.31. The van der Waals surface area contributed by atoms with Crippen molar-refractivity contribution in [1.29, 1.82) is 0 Å². The van der Waals surface area contributed by atoms with Crippen LogP contribution in [0.2, 0.25) is 5.02 Å². The number of hydrogen-bond donors (Lipinski definition) is 2. The molecule has 2 atom stereocenters. The molecule has 2 aliphatic rings. The number of piperazine rings is 1. The number of halogens is 2. The Hall–Kier alpha value is -3.65. The zero-order valence-electron chi connectivity index (χ0n) is 21.3. The predicted molar refractivity (Wildman–Crippen MR) is 156 cm³/mol. The van der Waals surface area contributed by atoms with E-state index in [1.807, 2.05) is 65.6 Å². The van der Waals surface area contributed by atoms with Crippen molar-refractivity contribution in [2.45, 2.75) is 13.0 Å². The summed E-state index contributed by atoms with van der Waals surface area (Å²) in [6.45, 7) is 4.50. The van der Waals surface area contributed by atoms with Crippen molar-refractivity contribution in [1.82, 2.24) is 10.3 Å². The van der Waals surface area contributed by atoms with Crippen LogP contribution in [0.25, 0.3) is 10.8 Å². The van der Waals surface area contributed by atoms with Crippen LogP contribution < -0.4 is 10.3 Å². The Morgan fingerprint density at radius 3 is 2.36 bits per heavy atom. The van der Waals surface area contributed by atoms with Crippen LogP contribution in [0, 0.1) is 5.92 Å². The van der Waals surface area contributed by atoms with E-state index in [4.69, 9.17) is 23.2 Å². The number of aliphatic hydroxyl groups is 1. The van der Waals surface area contributed by atoms with Crippen molar-refractivity contribution in [3.63, 3.8) is 0 Å². The van der Waals surface area contributed by atoms with Crippen LogP contribution in [-0.4, -0.2) is 60.3 Å². The summed E-state index contributed by atoms with van der Waals surface area (Å²) < 4.78 is 0. The summed E-state index contributed by atoms with van der Waals surface area (Å²) in [6.07, 6.45) is 3.85. The molecule has 0 radical (unpaired) electrons. The largest absolute Gasteiger partial charge is 0.387 e. The van der Waals surface area contributed by atoms with E-state index in [2.05, 4.69) is 15.4 Å². The molecule has 39 heavy (non-hydrogen) atoms. The van der Waals surface area contributed by atoms with Gasteiger partial charge in [-0.15, -0.1) is 0 Å². The minimum absolute atomic E-state index is 0.0112. The third-order valence-electron chi connectivity index (χ3n) is 7.10. The molecular weight excluding hydrogens is 535 g/mol. The summed E-state index contributed by atoms with van der Waals surface area (Å²) in [5.41, 5.74) is 5.36. The number of rotatable bonds is 5. The Morgan fingerprint density at radius 1 is 0.974 bits per heavy atom. The summed E-state index contributed by atoms with van der Waals surface area (Å²) >= 11 is 12.1. The van der Waals surface area contributed by atoms with Gasteiger partial charge in [-0.1, -0.05) is 66.5 Å². The molecule has 3 aromatic carbocycles. The molecule has 1 aliphatic heterocycles. The quantitative estimate of drug-likeness (QED) is 0.340. The van der Waals surface area contributed by atoms with Crippen molar-refractivity contribution >= 4 is 57.7 Å². The van der Waals surface area contributed by atoms with Crippen molar-refractivity contribution in [3.05, 3.63) is 99.6 Å². The van der Waals surface area contributed by atoms with E-state index in [0.29, 0.717) is 29.2 Å². The molecule has 0 aromatic heterocycles. The second kappa shape index (κ2) is 11.6. The smallest absolute Gasteiger partial charge is 0.271 e. The summed E-state index contributed by atoms with van der Waals surface area (Å²) in [6, 6.07) is 19.1. The molecule has 1 heterocycles. The number of hydrazone groups is 1. The molecule has 1 fully saturated rings. The third-order valence-corrected chi connectivity index (χ3v) is 7.68. The highest BCUT2D eigenvalue weighted by atomic mass is 35.5. The van der Waals surface area contributed by atoms with Gasteiger partial charge in [0.05, 0.1) is 12.3 Å². The summed E-state index contributed by atoms with van der Waals surface area (Å²) in [5, 5.41) is 16.7. The SMILES string of the molecule is CC1C=C(C(=O)N/N=C/c2ccc(C(=O)N3CCN(c4ccc(Cl)cc4)CC3)c3ccccc23)C=C(Cl)C1O. The first-order valence-corrected chi connectivity index (χ1v) is 13.5. The molecule has 0 saturated carbocycles. The van der Waals surface area contributed by atoms with Gasteiger partial charge < -0.3 is 14.9 Å². The van der Waals surface area contributed by atoms with Gasteiger partial charge in [-0.3, -0.25) is 9.59 Å². The van der Waals surface area contributed by atoms with Crippen LogP contribution in [0.5, 0.6) is 0 Å². The van der Waals surface area contributed by atoms with Gasteiger partial charge in [-0.05, 0) is 47.2 Å². The number of amides is 2. The Bertz CT molecular complexity index is 1490. The molecule has 2 amide bonds. The average molecular weight is 563 g/mol. The summed E-state index contributed by atoms with van der Waals surface area (Å²) in [4.78, 5) is 30.2. The fraction of sp³-hybridized carbons (Fsp3) is 0.233. The maximum atomic E-state index is 13.5. The van der Waals surface area contributed by atoms with Gasteiger partial charge in [0.25, 0.3) is 11.8 Å². The van der Waals surface area contributed by atoms with E-state index in [1.54, 1.807) is 19.2 Å². The van der Waals surface area contributed by atoms with E-state index in [-0.39, 0.29) is 16.9 Å². The highest BCUT2D eigenvalue weighted by Crippen LogP contribution is 2.27. The monoisotopic (exact) mass is 562 g/mol. The van der Waals surface area contributed by atoms with Gasteiger partial charge in [-0.2, -0.15) is 5.10 Å². The van der Waals surface area contributed by atoms with Crippen LogP contribution in [0.1, 0.15) is 22.8 Å². The molecule has 1 saturated heterocycles. The number of nitrogens with zero attached hydrogens (tertiary/aromatic N) is 3. The topological polar surface area (TPSA) is 85.2 Å². The lowest BCUT2D eigenvalue weighted by molar-refractivity contribution is -0.117. The van der Waals surface area contributed by atoms with Gasteiger partial charge in [0.2, 0.25) is 0 Å². The number of carbonyl (C=O) groups is 2. The lowest BCUT2D eigenvalue weighted by Crippen LogP contribution is -2.48. The molecule has 9 heteroatoms. The fourth-order valence-corrected chi connectivity index (χ4v) is 5.33. The number of anilines is 1. The summed E-state index contributed by atoms with van der Waals surface area (Å²) in [5.74, 6) is -0.707. The van der Waals surface area contributed by atoms with E-state index in [9.17, 15) is 14.7 Å². The maximum Gasteiger partial charge on any atom is 0.271 e. The first-order chi connectivity index (χ1) is 18.8. The predicted octanol–water partition coefficient (Wildman–Crippen LogP) is 4.97. The molecule has 2 N–H and O–H groups in total. The Balaban J connectivity index is 1.29. The standard InChI is InChI=1S/C30H28Cl2N4O3/c1-19-16-21(17-27(32)28(19)37)29(38)34-33-18-20-6-11-26(25-5-3-2-4-24(20)25)30(39)36-14-12-35(13-15-36)23-9-7-22(31)8-10-23/h2-11,16-19,28,37H,12-15H2,1H3,(H,34,38)/b33-18+. The molecule has 1 aliphatic carbocycles. The van der Waals surface area contributed by atoms with Crippen LogP contribution >= 0.6 is 23.2 Å². The van der Waals surface area contributed by atoms with Crippen LogP contribution in [0.15, 0.2) is 88.5 Å². The fourth-order valence-electron chi connectivity index (χ4n) is 4.89. The van der Waals surface area contributed by atoms with Crippen LogP contribution in [-0.2, 0) is 4.79 Å². The number of fused-ring (bicyclic) bond motifs is 1. The zero-order valence-corrected chi connectivity index (χ0v) is 22.9. The van der Waals surface area contributed by atoms with Crippen LogP contribution in [0.3, 0.4) is 0 Å². The molecule has 5 rings (SSSR count). The highest BCUT2D eigenvalue weighted by Gasteiger charge is 2.25. The molecule has 3 aromatic rings. The molecule has 200 valence electrons. The number of carbonyl (C=O) groups excluding carboxylic acids is 2. The van der Waals surface area contributed by atoms with E-state index in [0.717, 1.165) is 35.1 Å². The number of hydrogen-bond acceptors (Lipinski definition) is 5. The minimum atomic E-state index is -0.813. The Labute approximate surface area is 237 Å². The number of aliphatic hydroxyl groups excluding tert-OH is 1. The van der Waals surface area contributed by atoms with Gasteiger partial charge in [0, 0.05) is 64.5 Å². The second-order valence-corrected chi connectivity index (χ2v) is 10.5. The van der Waals surface area contributed by atoms with Gasteiger partial charge in [0.15, 0.2) is 0 Å². The van der Waals surface area contributed by atoms with Crippen LogP contribution in [0.4, 0.5) is 5.69 Å². The van der Waals surface area contributed by atoms with E-state index in [1.165, 1.54) is 6.08 Å². The van der Waals surface area contributed by atoms with Gasteiger partial charge >= 0.3 is 0 Å². The van der Waals surface area contributed by atoms with Crippen molar-refractivity contribution in [3.8, 4) is 0 Å². The Morgan fingerprint density at radius 2 is 1.67 bits per heavy atom. The van der Waals surface area contributed by atoms with E-state index < -0.39 is 12.0 Å². The third kappa shape index (κ3) is 5.86. The van der Waals surface area contributed by atoms with Crippen molar-refractivity contribution in [2.75, 3.05) is 31.1 Å². The average Bonchev–Trinajstić information content (AvgIpc) is 2.95. The normalized spacial score (nSPS) is 19.7. The maximum absolute atomic E-state index is 13.5. The molecule has 2 unspecified atom stereocenters. The zero-order chi connectivity index (χ0) is 27.5. The number of nitrogens with one attached hydrogen (secondary N) is 1. The first-order valence-electron chi connectivity index (χ1n) is 12.7. The van der Waals surface area contributed by atoms with Gasteiger partial charge in [0.1, 0.15) is 0 Å². The summed E-state index contributed by atoms with van der Waals surface area (Å²) in [7, 11) is 0. The first kappa shape index (κ1) is 26.9. The molecule has 0 bridgehead atoms. The molecule has 0 spiro atoms. The second-order valence-electron chi connectivity index (χ2n) is 9.66. The lowest BCUT2D eigenvalue weighted by Gasteiger charge is -2.36. The minimum Gasteiger partial charge on any atom is -0.387 e. The van der Waals surface area contributed by atoms with Crippen molar-refractivity contribution < 1.29 is 14.7 Å². The molecular formula is C30H28Cl2N4O3. The molecule has 7 nitrogen and oxygen atoms in total.